The summed E-state index contributed by atoms with van der Waals surface area (Å²) < 4.78 is 2.12. The first kappa shape index (κ1) is 12.5. The Balaban J connectivity index is 0. The first-order valence-electron chi connectivity index (χ1n) is 3.10. The third-order valence-electron chi connectivity index (χ3n) is 0.498. The van der Waals surface area contributed by atoms with Gasteiger partial charge in [-0.05, 0) is 13.8 Å². The van der Waals surface area contributed by atoms with E-state index in [1.807, 2.05) is 0 Å². The van der Waals surface area contributed by atoms with Crippen LogP contribution in [0.15, 0.2) is 0 Å². The number of hydrogen-bond acceptors (Lipinski definition) is 2. The minimum atomic E-state index is -0.0625. The maximum absolute atomic E-state index is 10.0. The van der Waals surface area contributed by atoms with Gasteiger partial charge in [0.05, 0.1) is 6.42 Å². The molecule has 0 radical (unpaired) electrons. The van der Waals surface area contributed by atoms with Crippen LogP contribution < -0.4 is 0 Å². The Hall–Kier alpha value is -0.167. The molecule has 3 heteroatoms. The summed E-state index contributed by atoms with van der Waals surface area (Å²) in [5.41, 5.74) is 0. The molecule has 0 aromatic heterocycles. The third kappa shape index (κ3) is 24.9. The van der Waals surface area contributed by atoms with Crippen LogP contribution in [0.2, 0.25) is 0 Å². The molecule has 2 nitrogen and oxygen atoms in total. The molecule has 0 aromatic rings. The molecule has 0 N–H and O–H groups in total. The van der Waals surface area contributed by atoms with Crippen molar-refractivity contribution >= 4 is 16.2 Å². The number of hydrogen-bond donors (Lipinski definition) is 0. The predicted octanol–water partition coefficient (Wildman–Crippen LogP) is 0.910. The Labute approximate surface area is 71.2 Å². The summed E-state index contributed by atoms with van der Waals surface area (Å²) in [5.74, 6) is -0.125. The van der Waals surface area contributed by atoms with Crippen LogP contribution in [0.1, 0.15) is 27.2 Å². The molecule has 0 amide bonds. The van der Waals surface area contributed by atoms with Gasteiger partial charge in [0.25, 0.3) is 0 Å². The number of Topliss-reactive ketones (excluding diaryl/α,β-unsaturated/α-hetero) is 2. The first-order chi connectivity index (χ1) is 4.54. The average molecular weight is 194 g/mol. The summed E-state index contributed by atoms with van der Waals surface area (Å²) >= 11 is 1.32. The van der Waals surface area contributed by atoms with Gasteiger partial charge >= 0.3 is 29.4 Å². The molecule has 0 aliphatic rings. The number of carbonyl (C=O) groups is 2. The van der Waals surface area contributed by atoms with Crippen LogP contribution in [-0.4, -0.2) is 16.2 Å². The van der Waals surface area contributed by atoms with E-state index in [1.54, 1.807) is 0 Å². The zero-order valence-electron chi connectivity index (χ0n) is 6.81. The molecule has 0 rings (SSSR count). The van der Waals surface area contributed by atoms with Crippen molar-refractivity contribution in [2.75, 3.05) is 0 Å². The molecule has 0 heterocycles. The van der Waals surface area contributed by atoms with Crippen LogP contribution in [0.25, 0.3) is 0 Å². The molecule has 0 saturated carbocycles. The second-order valence-electron chi connectivity index (χ2n) is 1.99. The van der Waals surface area contributed by atoms with Crippen LogP contribution in [0.3, 0.4) is 0 Å². The van der Waals surface area contributed by atoms with Crippen LogP contribution in [0, 0.1) is 0 Å². The topological polar surface area (TPSA) is 34.1 Å². The fraction of sp³-hybridized carbons (Fsp3) is 0.571. The van der Waals surface area contributed by atoms with Gasteiger partial charge in [0.15, 0.2) is 0 Å². The van der Waals surface area contributed by atoms with E-state index in [1.165, 1.54) is 31.7 Å². The van der Waals surface area contributed by atoms with Crippen molar-refractivity contribution in [1.82, 2.24) is 0 Å². The van der Waals surface area contributed by atoms with E-state index in [4.69, 9.17) is 0 Å². The second kappa shape index (κ2) is 8.83. The van der Waals surface area contributed by atoms with Crippen LogP contribution in [-0.2, 0) is 27.4 Å². The molecular weight excluding hydrogens is 181 g/mol. The van der Waals surface area contributed by atoms with Crippen LogP contribution >= 0.6 is 0 Å². The molecule has 0 aliphatic carbocycles. The van der Waals surface area contributed by atoms with E-state index in [9.17, 15) is 9.59 Å². The molecular formula is C7H12O2Zn. The molecule has 0 atom stereocenters. The molecule has 0 bridgehead atoms. The maximum atomic E-state index is 10.0. The fourth-order valence-electron chi connectivity index (χ4n) is 0.351. The van der Waals surface area contributed by atoms with Gasteiger partial charge < -0.3 is 0 Å². The Morgan fingerprint density at radius 2 is 1.50 bits per heavy atom. The van der Waals surface area contributed by atoms with Gasteiger partial charge in [-0.3, -0.25) is 9.59 Å². The molecule has 0 fully saturated rings. The van der Waals surface area contributed by atoms with Crippen molar-refractivity contribution < 1.29 is 27.4 Å². The zero-order valence-corrected chi connectivity index (χ0v) is 9.78. The van der Waals surface area contributed by atoms with Crippen LogP contribution in [0.5, 0.6) is 0 Å². The summed E-state index contributed by atoms with van der Waals surface area (Å²) in [6, 6.07) is 0. The van der Waals surface area contributed by atoms with Gasteiger partial charge in [-0.2, -0.15) is 0 Å². The molecule has 10 heavy (non-hydrogen) atoms. The first-order valence-corrected chi connectivity index (χ1v) is 4.81. The summed E-state index contributed by atoms with van der Waals surface area (Å²) in [5, 5.41) is 0. The molecule has 0 unspecified atom stereocenters. The SMILES string of the molecule is CC(=O)CC(C)=O.C[CH]=[Zn]. The normalized spacial score (nSPS) is 7.30. The van der Waals surface area contributed by atoms with Crippen molar-refractivity contribution in [2.45, 2.75) is 27.2 Å². The van der Waals surface area contributed by atoms with E-state index < -0.39 is 0 Å². The van der Waals surface area contributed by atoms with Crippen molar-refractivity contribution in [3.8, 4) is 0 Å². The van der Waals surface area contributed by atoms with Gasteiger partial charge in [0, 0.05) is 0 Å². The number of ketones is 2. The fourth-order valence-corrected chi connectivity index (χ4v) is 0.351. The van der Waals surface area contributed by atoms with Crippen molar-refractivity contribution in [3.63, 3.8) is 0 Å². The van der Waals surface area contributed by atoms with Gasteiger partial charge in [-0.1, -0.05) is 0 Å². The summed E-state index contributed by atoms with van der Waals surface area (Å²) in [6.07, 6.45) is 0.0833. The van der Waals surface area contributed by atoms with Gasteiger partial charge in [-0.25, -0.2) is 0 Å². The molecule has 0 aromatic carbocycles. The summed E-state index contributed by atoms with van der Waals surface area (Å²) in [7, 11) is 0. The van der Waals surface area contributed by atoms with Crippen molar-refractivity contribution in [3.05, 3.63) is 0 Å². The van der Waals surface area contributed by atoms with Crippen LogP contribution in [0.4, 0.5) is 0 Å². The summed E-state index contributed by atoms with van der Waals surface area (Å²) in [6.45, 7) is 4.86. The molecule has 54 valence electrons. The molecule has 0 aliphatic heterocycles. The Kier molecular flexibility index (Phi) is 11.0. The van der Waals surface area contributed by atoms with Crippen molar-refractivity contribution in [2.24, 2.45) is 0 Å². The third-order valence-corrected chi connectivity index (χ3v) is 0.498. The molecule has 0 spiro atoms. The van der Waals surface area contributed by atoms with Gasteiger partial charge in [-0.15, -0.1) is 0 Å². The van der Waals surface area contributed by atoms with E-state index in [0.717, 1.165) is 0 Å². The number of carbonyl (C=O) groups excluding carboxylic acids is 2. The quantitative estimate of drug-likeness (QED) is 0.483. The predicted molar refractivity (Wildman–Crippen MR) is 37.7 cm³/mol. The van der Waals surface area contributed by atoms with Crippen molar-refractivity contribution in [1.29, 1.82) is 0 Å². The average Bonchev–Trinajstić information content (AvgIpc) is 1.62. The Bertz CT molecular complexity index is 118. The second-order valence-corrected chi connectivity index (χ2v) is 3.70. The summed E-state index contributed by atoms with van der Waals surface area (Å²) in [4.78, 5) is 20.1. The number of rotatable bonds is 2. The van der Waals surface area contributed by atoms with E-state index >= 15 is 0 Å². The van der Waals surface area contributed by atoms with E-state index in [-0.39, 0.29) is 18.0 Å². The van der Waals surface area contributed by atoms with E-state index in [0.29, 0.717) is 0 Å². The van der Waals surface area contributed by atoms with Gasteiger partial charge in [0.2, 0.25) is 0 Å². The Morgan fingerprint density at radius 1 is 1.30 bits per heavy atom. The molecule has 0 saturated heterocycles. The monoisotopic (exact) mass is 192 g/mol. The zero-order chi connectivity index (χ0) is 8.57. The minimum absolute atomic E-state index is 0.0625. The standard InChI is InChI=1S/C5H8O2.C2H4.Zn/c1-4(6)3-5(2)7;1-2;/h3H2,1-2H3;1H,2H3;. The van der Waals surface area contributed by atoms with E-state index in [2.05, 4.69) is 11.5 Å². The Morgan fingerprint density at radius 3 is 1.50 bits per heavy atom. The van der Waals surface area contributed by atoms with Gasteiger partial charge in [0.1, 0.15) is 11.6 Å².